The van der Waals surface area contributed by atoms with Gasteiger partial charge in [-0.1, -0.05) is 66.2 Å². The number of ketones is 3. The number of rotatable bonds is 16. The number of carbonyl (C=O) groups excluding carboxylic acids is 3. The molecule has 2 heterocycles. The standard InChI is InChI=1S/C24H30N2O4.C16H24N2O2.C9H9BrO2.Na.H2O/c1-4-24(25(2)3,17-18-5-7-20(8-6-18)23(28)29)22(27)19-9-11-21(12-10-19)26-13-15-30-16-14-26;1-4-15(17(2)3)16(19)13-5-7-14(8-6-13)18-9-11-20-12-10-18;10-5-7-1-3-8(4-2-7)9(12)6-11;;/h5-12H,4,13-17H2,1-3H3,(H,28,29);5-8,15H,4,9-12H2,1-3H3;1-4,11H,5-6H2;;1H2/q;;;+1;/p-1. The minimum Gasteiger partial charge on any atom is -0.870 e. The summed E-state index contributed by atoms with van der Waals surface area (Å²) in [4.78, 5) is 56.7. The van der Waals surface area contributed by atoms with Crippen molar-refractivity contribution >= 4 is 50.6 Å². The molecule has 4 aromatic carbocycles. The molecular weight excluding hydrogens is 891 g/mol. The van der Waals surface area contributed by atoms with Crippen LogP contribution in [0, 0.1) is 0 Å². The van der Waals surface area contributed by atoms with Crippen molar-refractivity contribution in [1.29, 1.82) is 0 Å². The van der Waals surface area contributed by atoms with Crippen molar-refractivity contribution in [3.8, 4) is 0 Å². The molecule has 0 radical (unpaired) electrons. The Hall–Kier alpha value is -3.80. The van der Waals surface area contributed by atoms with Crippen LogP contribution in [0.25, 0.3) is 0 Å². The summed E-state index contributed by atoms with van der Waals surface area (Å²) >= 11 is 3.30. The Bertz CT molecular complexity index is 2020. The van der Waals surface area contributed by atoms with Gasteiger partial charge in [0.2, 0.25) is 0 Å². The molecule has 0 saturated carbocycles. The second kappa shape index (κ2) is 28.3. The van der Waals surface area contributed by atoms with E-state index in [0.29, 0.717) is 24.0 Å². The van der Waals surface area contributed by atoms with E-state index in [-0.39, 0.29) is 64.0 Å². The summed E-state index contributed by atoms with van der Waals surface area (Å²) in [6, 6.07) is 29.7. The number of hydrogen-bond acceptors (Lipinski definition) is 12. The molecule has 15 heteroatoms. The van der Waals surface area contributed by atoms with Gasteiger partial charge in [-0.05, 0) is 119 Å². The fraction of sp³-hybridized carbons (Fsp3) is 0.429. The van der Waals surface area contributed by atoms with E-state index < -0.39 is 18.1 Å². The van der Waals surface area contributed by atoms with Crippen LogP contribution in [-0.2, 0) is 21.2 Å². The van der Waals surface area contributed by atoms with Crippen molar-refractivity contribution in [2.75, 3.05) is 97.2 Å². The number of hydrogen-bond donors (Lipinski definition) is 2. The zero-order valence-electron chi connectivity index (χ0n) is 38.5. The van der Waals surface area contributed by atoms with Crippen molar-refractivity contribution < 1.29 is 73.9 Å². The zero-order chi connectivity index (χ0) is 45.2. The molecule has 2 unspecified atom stereocenters. The summed E-state index contributed by atoms with van der Waals surface area (Å²) in [6.45, 7) is 10.2. The quantitative estimate of drug-likeness (QED) is 0.0941. The van der Waals surface area contributed by atoms with Crippen LogP contribution >= 0.6 is 15.9 Å². The van der Waals surface area contributed by atoms with Crippen LogP contribution in [0.5, 0.6) is 0 Å². The number of carboxylic acid groups (broad SMARTS) is 1. The molecular formula is C49H64BrN4NaO9. The van der Waals surface area contributed by atoms with Crippen molar-refractivity contribution in [1.82, 2.24) is 9.80 Å². The summed E-state index contributed by atoms with van der Waals surface area (Å²) in [5, 5.41) is 18.5. The molecule has 2 aliphatic rings. The first-order valence-corrected chi connectivity index (χ1v) is 22.3. The molecule has 342 valence electrons. The van der Waals surface area contributed by atoms with Gasteiger partial charge >= 0.3 is 35.5 Å². The van der Waals surface area contributed by atoms with Crippen LogP contribution in [0.4, 0.5) is 11.4 Å². The van der Waals surface area contributed by atoms with Gasteiger partial charge in [-0.3, -0.25) is 24.2 Å². The monoisotopic (exact) mass is 954 g/mol. The number of Topliss-reactive ketones (excluding diaryl/α,β-unsaturated/α-hetero) is 3. The van der Waals surface area contributed by atoms with Crippen molar-refractivity contribution in [2.45, 2.75) is 50.0 Å². The van der Waals surface area contributed by atoms with Gasteiger partial charge < -0.3 is 35.0 Å². The van der Waals surface area contributed by atoms with E-state index in [1.54, 1.807) is 36.4 Å². The van der Waals surface area contributed by atoms with Gasteiger partial charge in [0.25, 0.3) is 0 Å². The molecule has 64 heavy (non-hydrogen) atoms. The third kappa shape index (κ3) is 15.7. The maximum Gasteiger partial charge on any atom is 1.00 e. The predicted octanol–water partition coefficient (Wildman–Crippen LogP) is 3.99. The molecule has 4 aromatic rings. The first kappa shape index (κ1) is 56.3. The molecule has 2 saturated heterocycles. The maximum atomic E-state index is 13.6. The summed E-state index contributed by atoms with van der Waals surface area (Å²) < 4.78 is 10.8. The largest absolute Gasteiger partial charge is 1.00 e. The second-order valence-electron chi connectivity index (χ2n) is 15.7. The molecule has 6 rings (SSSR count). The van der Waals surface area contributed by atoms with Crippen LogP contribution < -0.4 is 39.4 Å². The molecule has 0 aromatic heterocycles. The number of aliphatic hydroxyl groups is 1. The average molecular weight is 956 g/mol. The number of aliphatic hydroxyl groups excluding tert-OH is 1. The van der Waals surface area contributed by atoms with E-state index in [0.717, 1.165) is 86.7 Å². The summed E-state index contributed by atoms with van der Waals surface area (Å²) in [5.41, 5.74) is 5.91. The number of carbonyl (C=O) groups is 4. The van der Waals surface area contributed by atoms with Crippen molar-refractivity contribution in [2.24, 2.45) is 0 Å². The Morgan fingerprint density at radius 2 is 1.09 bits per heavy atom. The SMILES string of the molecule is CCC(C(=O)c1ccc(N2CCOCC2)cc1)N(C)C.CCC(Cc1ccc(C(=O)O)cc1)(C(=O)c1ccc(N2CCOCC2)cc1)N(C)C.O=C(CO)c1ccc(CBr)cc1.[Na+].[OH-]. The fourth-order valence-corrected chi connectivity index (χ4v) is 7.94. The van der Waals surface area contributed by atoms with Crippen LogP contribution in [0.1, 0.15) is 79.2 Å². The first-order valence-electron chi connectivity index (χ1n) is 21.2. The van der Waals surface area contributed by atoms with Gasteiger partial charge in [-0.25, -0.2) is 4.79 Å². The van der Waals surface area contributed by atoms with Gasteiger partial charge in [-0.15, -0.1) is 0 Å². The van der Waals surface area contributed by atoms with E-state index in [4.69, 9.17) is 19.7 Å². The van der Waals surface area contributed by atoms with E-state index in [2.05, 4.69) is 25.7 Å². The maximum absolute atomic E-state index is 13.6. The van der Waals surface area contributed by atoms with Crippen LogP contribution in [-0.4, -0.2) is 148 Å². The summed E-state index contributed by atoms with van der Waals surface area (Å²) in [5.74, 6) is -0.916. The van der Waals surface area contributed by atoms with Gasteiger partial charge in [0.1, 0.15) is 6.61 Å². The zero-order valence-corrected chi connectivity index (χ0v) is 42.1. The number of benzene rings is 4. The molecule has 0 amide bonds. The van der Waals surface area contributed by atoms with Crippen LogP contribution in [0.15, 0.2) is 97.1 Å². The van der Waals surface area contributed by atoms with Gasteiger partial charge in [0.05, 0.1) is 43.6 Å². The van der Waals surface area contributed by atoms with Crippen LogP contribution in [0.2, 0.25) is 0 Å². The van der Waals surface area contributed by atoms with E-state index >= 15 is 0 Å². The van der Waals surface area contributed by atoms with Crippen molar-refractivity contribution in [3.63, 3.8) is 0 Å². The molecule has 2 atom stereocenters. The Labute approximate surface area is 409 Å². The third-order valence-electron chi connectivity index (χ3n) is 11.5. The number of halogens is 1. The minimum atomic E-state index is -0.952. The Kier molecular flexibility index (Phi) is 24.9. The summed E-state index contributed by atoms with van der Waals surface area (Å²) in [6.07, 6.45) is 1.99. The molecule has 2 fully saturated rings. The molecule has 2 aliphatic heterocycles. The molecule has 13 nitrogen and oxygen atoms in total. The first-order chi connectivity index (χ1) is 29.8. The van der Waals surface area contributed by atoms with Gasteiger partial charge in [0, 0.05) is 59.6 Å². The number of ether oxygens (including phenoxy) is 2. The Morgan fingerprint density at radius 3 is 1.47 bits per heavy atom. The van der Waals surface area contributed by atoms with E-state index in [1.165, 1.54) is 5.69 Å². The molecule has 0 spiro atoms. The molecule has 0 bridgehead atoms. The predicted molar refractivity (Wildman–Crippen MR) is 252 cm³/mol. The Morgan fingerprint density at radius 1 is 0.672 bits per heavy atom. The number of carboxylic acids is 1. The van der Waals surface area contributed by atoms with Crippen molar-refractivity contribution in [3.05, 3.63) is 130 Å². The third-order valence-corrected chi connectivity index (χ3v) is 12.1. The molecule has 3 N–H and O–H groups in total. The number of likely N-dealkylation sites (N-methyl/N-ethyl adjacent to an activating group) is 2. The smallest absolute Gasteiger partial charge is 0.870 e. The van der Waals surface area contributed by atoms with Gasteiger partial charge in [-0.2, -0.15) is 0 Å². The Balaban J connectivity index is 0.000000357. The number of nitrogens with zero attached hydrogens (tertiary/aromatic N) is 4. The number of alkyl halides is 1. The normalized spacial score (nSPS) is 14.9. The summed E-state index contributed by atoms with van der Waals surface area (Å²) in [7, 11) is 7.76. The van der Waals surface area contributed by atoms with Crippen LogP contribution in [0.3, 0.4) is 0 Å². The number of anilines is 2. The van der Waals surface area contributed by atoms with Gasteiger partial charge in [0.15, 0.2) is 17.3 Å². The number of aromatic carboxylic acids is 1. The fourth-order valence-electron chi connectivity index (χ4n) is 7.57. The number of morpholine rings is 2. The minimum absolute atomic E-state index is 0. The topological polar surface area (TPSA) is 170 Å². The average Bonchev–Trinajstić information content (AvgIpc) is 3.31. The molecule has 0 aliphatic carbocycles. The van der Waals surface area contributed by atoms with E-state index in [9.17, 15) is 19.2 Å². The van der Waals surface area contributed by atoms with E-state index in [1.807, 2.05) is 113 Å². The second-order valence-corrected chi connectivity index (χ2v) is 16.3.